The molecule has 0 aliphatic rings. The van der Waals surface area contributed by atoms with Gasteiger partial charge >= 0.3 is 0 Å². The van der Waals surface area contributed by atoms with Crippen molar-refractivity contribution in [2.75, 3.05) is 11.1 Å². The second-order valence-electron chi connectivity index (χ2n) is 3.10. The van der Waals surface area contributed by atoms with E-state index in [1.165, 1.54) is 6.20 Å². The fourth-order valence-corrected chi connectivity index (χ4v) is 1.55. The molecular weight excluding hydrogens is 228 g/mol. The lowest BCUT2D eigenvalue weighted by Gasteiger charge is -2.06. The van der Waals surface area contributed by atoms with Crippen LogP contribution in [0.4, 0.5) is 11.6 Å². The van der Waals surface area contributed by atoms with Gasteiger partial charge < -0.3 is 10.7 Å². The lowest BCUT2D eigenvalue weighted by atomic mass is 10.1. The summed E-state index contributed by atoms with van der Waals surface area (Å²) in [5, 5.41) is 2.86. The molecule has 6 heteroatoms. The molecule has 0 bridgehead atoms. The largest absolute Gasteiger partial charge is 0.398 e. The van der Waals surface area contributed by atoms with E-state index in [1.807, 2.05) is 0 Å². The Morgan fingerprint density at radius 2 is 2.31 bits per heavy atom. The second-order valence-corrected chi connectivity index (χ2v) is 3.50. The van der Waals surface area contributed by atoms with Crippen LogP contribution in [0.3, 0.4) is 0 Å². The summed E-state index contributed by atoms with van der Waals surface area (Å²) < 4.78 is 0. The number of hydrogen-bond donors (Lipinski definition) is 3. The summed E-state index contributed by atoms with van der Waals surface area (Å²) in [6.45, 7) is 0. The molecule has 0 fully saturated rings. The van der Waals surface area contributed by atoms with Crippen LogP contribution in [0.1, 0.15) is 10.4 Å². The number of aromatic nitrogens is 2. The average molecular weight is 237 g/mol. The number of rotatable bonds is 2. The minimum absolute atomic E-state index is 0.251. The summed E-state index contributed by atoms with van der Waals surface area (Å²) in [4.78, 5) is 18.4. The molecule has 1 amide bonds. The maximum Gasteiger partial charge on any atom is 0.261 e. The molecular formula is C10H9ClN4O. The lowest BCUT2D eigenvalue weighted by Crippen LogP contribution is -2.15. The number of imidazole rings is 1. The first-order chi connectivity index (χ1) is 7.68. The number of anilines is 2. The molecule has 1 heterocycles. The topological polar surface area (TPSA) is 83.8 Å². The molecule has 82 valence electrons. The Kier molecular flexibility index (Phi) is 2.78. The summed E-state index contributed by atoms with van der Waals surface area (Å²) in [6.07, 6.45) is 3.14. The fraction of sp³-hybridized carbons (Fsp3) is 0. The molecule has 1 aromatic carbocycles. The van der Waals surface area contributed by atoms with Crippen LogP contribution in [0.15, 0.2) is 30.6 Å². The highest BCUT2D eigenvalue weighted by Crippen LogP contribution is 2.22. The van der Waals surface area contributed by atoms with Gasteiger partial charge in [-0.1, -0.05) is 17.7 Å². The van der Waals surface area contributed by atoms with Gasteiger partial charge in [-0.05, 0) is 12.1 Å². The van der Waals surface area contributed by atoms with Gasteiger partial charge in [-0.2, -0.15) is 0 Å². The first-order valence-electron chi connectivity index (χ1n) is 4.53. The van der Waals surface area contributed by atoms with Gasteiger partial charge in [0.25, 0.3) is 5.91 Å². The zero-order valence-corrected chi connectivity index (χ0v) is 8.95. The third kappa shape index (κ3) is 1.99. The number of carbonyl (C=O) groups is 1. The highest BCUT2D eigenvalue weighted by atomic mass is 35.5. The number of nitrogens with one attached hydrogen (secondary N) is 2. The van der Waals surface area contributed by atoms with Crippen molar-refractivity contribution in [1.29, 1.82) is 0 Å². The number of halogens is 1. The van der Waals surface area contributed by atoms with Crippen molar-refractivity contribution in [3.8, 4) is 0 Å². The third-order valence-corrected chi connectivity index (χ3v) is 2.32. The van der Waals surface area contributed by atoms with Crippen LogP contribution in [0.5, 0.6) is 0 Å². The normalized spacial score (nSPS) is 10.1. The molecule has 4 N–H and O–H groups in total. The number of carbonyl (C=O) groups excluding carboxylic acids is 1. The molecule has 0 unspecified atom stereocenters. The number of benzene rings is 1. The van der Waals surface area contributed by atoms with E-state index in [1.54, 1.807) is 24.4 Å². The van der Waals surface area contributed by atoms with Gasteiger partial charge in [-0.15, -0.1) is 0 Å². The summed E-state index contributed by atoms with van der Waals surface area (Å²) in [7, 11) is 0. The van der Waals surface area contributed by atoms with Gasteiger partial charge in [0, 0.05) is 18.1 Å². The zero-order valence-electron chi connectivity index (χ0n) is 8.20. The van der Waals surface area contributed by atoms with E-state index in [0.29, 0.717) is 16.7 Å². The van der Waals surface area contributed by atoms with Crippen molar-refractivity contribution in [1.82, 2.24) is 9.97 Å². The number of H-pyrrole nitrogens is 1. The molecule has 0 aliphatic carbocycles. The molecule has 2 rings (SSSR count). The number of hydrogen-bond acceptors (Lipinski definition) is 3. The minimum Gasteiger partial charge on any atom is -0.398 e. The second kappa shape index (κ2) is 4.24. The maximum absolute atomic E-state index is 11.8. The van der Waals surface area contributed by atoms with Crippen LogP contribution < -0.4 is 11.1 Å². The van der Waals surface area contributed by atoms with Gasteiger partial charge in [-0.25, -0.2) is 4.98 Å². The van der Waals surface area contributed by atoms with E-state index in [0.717, 1.165) is 0 Å². The monoisotopic (exact) mass is 236 g/mol. The summed E-state index contributed by atoms with van der Waals surface area (Å²) >= 11 is 5.89. The van der Waals surface area contributed by atoms with Gasteiger partial charge in [0.1, 0.15) is 0 Å². The lowest BCUT2D eigenvalue weighted by molar-refractivity contribution is 0.102. The van der Waals surface area contributed by atoms with E-state index >= 15 is 0 Å². The van der Waals surface area contributed by atoms with E-state index in [4.69, 9.17) is 17.3 Å². The zero-order chi connectivity index (χ0) is 11.5. The standard InChI is InChI=1S/C10H9ClN4O/c11-6-2-1-3-7(12)8(6)9(16)15-10-13-4-5-14-10/h1-5H,12H2,(H2,13,14,15,16). The van der Waals surface area contributed by atoms with Gasteiger partial charge in [0.2, 0.25) is 5.95 Å². The summed E-state index contributed by atoms with van der Waals surface area (Å²) in [5.41, 5.74) is 6.26. The average Bonchev–Trinajstić information content (AvgIpc) is 2.70. The van der Waals surface area contributed by atoms with Crippen molar-refractivity contribution in [2.45, 2.75) is 0 Å². The van der Waals surface area contributed by atoms with Crippen LogP contribution >= 0.6 is 11.6 Å². The van der Waals surface area contributed by atoms with Gasteiger partial charge in [0.05, 0.1) is 10.6 Å². The summed E-state index contributed by atoms with van der Waals surface area (Å²) in [5.74, 6) is -0.0395. The maximum atomic E-state index is 11.8. The highest BCUT2D eigenvalue weighted by molar-refractivity contribution is 6.35. The smallest absolute Gasteiger partial charge is 0.261 e. The number of nitrogens with two attached hydrogens (primary N) is 1. The fourth-order valence-electron chi connectivity index (χ4n) is 1.28. The van der Waals surface area contributed by atoms with E-state index in [-0.39, 0.29) is 5.56 Å². The van der Waals surface area contributed by atoms with Crippen molar-refractivity contribution in [2.24, 2.45) is 0 Å². The Hall–Kier alpha value is -2.01. The first kappa shape index (κ1) is 10.5. The van der Waals surface area contributed by atoms with Crippen LogP contribution in [0.2, 0.25) is 5.02 Å². The van der Waals surface area contributed by atoms with Crippen LogP contribution in [0.25, 0.3) is 0 Å². The molecule has 0 spiro atoms. The Bertz CT molecular complexity index is 489. The van der Waals surface area contributed by atoms with Crippen molar-refractivity contribution < 1.29 is 4.79 Å². The Balaban J connectivity index is 2.28. The Labute approximate surface area is 96.6 Å². The molecule has 0 radical (unpaired) electrons. The quantitative estimate of drug-likeness (QED) is 0.697. The molecule has 16 heavy (non-hydrogen) atoms. The number of nitrogen functional groups attached to an aromatic ring is 1. The number of amides is 1. The Morgan fingerprint density at radius 3 is 2.94 bits per heavy atom. The SMILES string of the molecule is Nc1cccc(Cl)c1C(=O)Nc1ncc[nH]1. The molecule has 0 saturated carbocycles. The number of nitrogens with zero attached hydrogens (tertiary/aromatic N) is 1. The van der Waals surface area contributed by atoms with Crippen LogP contribution in [0, 0.1) is 0 Å². The molecule has 0 aliphatic heterocycles. The summed E-state index contributed by atoms with van der Waals surface area (Å²) in [6, 6.07) is 4.90. The van der Waals surface area contributed by atoms with Crippen molar-refractivity contribution >= 4 is 29.1 Å². The first-order valence-corrected chi connectivity index (χ1v) is 4.91. The molecule has 5 nitrogen and oxygen atoms in total. The van der Waals surface area contributed by atoms with E-state index in [9.17, 15) is 4.79 Å². The van der Waals surface area contributed by atoms with E-state index < -0.39 is 5.91 Å². The molecule has 1 aromatic heterocycles. The third-order valence-electron chi connectivity index (χ3n) is 2.00. The molecule has 0 saturated heterocycles. The van der Waals surface area contributed by atoms with Gasteiger partial charge in [-0.3, -0.25) is 10.1 Å². The minimum atomic E-state index is -0.391. The van der Waals surface area contributed by atoms with E-state index in [2.05, 4.69) is 15.3 Å². The van der Waals surface area contributed by atoms with Crippen molar-refractivity contribution in [3.63, 3.8) is 0 Å². The molecule has 2 aromatic rings. The highest BCUT2D eigenvalue weighted by Gasteiger charge is 2.14. The van der Waals surface area contributed by atoms with Gasteiger partial charge in [0.15, 0.2) is 0 Å². The van der Waals surface area contributed by atoms with Crippen LogP contribution in [-0.4, -0.2) is 15.9 Å². The van der Waals surface area contributed by atoms with Crippen LogP contribution in [-0.2, 0) is 0 Å². The molecule has 0 atom stereocenters. The number of aromatic amines is 1. The Morgan fingerprint density at radius 1 is 1.50 bits per heavy atom. The van der Waals surface area contributed by atoms with Crippen molar-refractivity contribution in [3.05, 3.63) is 41.2 Å². The predicted octanol–water partition coefficient (Wildman–Crippen LogP) is 1.90. The predicted molar refractivity (Wildman–Crippen MR) is 62.4 cm³/mol.